The molecule has 0 aliphatic heterocycles. The van der Waals surface area contributed by atoms with Crippen molar-refractivity contribution in [3.8, 4) is 5.75 Å². The van der Waals surface area contributed by atoms with Crippen molar-refractivity contribution in [3.63, 3.8) is 0 Å². The fraction of sp³-hybridized carbons (Fsp3) is 0.350. The van der Waals surface area contributed by atoms with Gasteiger partial charge in [0, 0.05) is 16.8 Å². The molecule has 0 saturated carbocycles. The van der Waals surface area contributed by atoms with Crippen LogP contribution in [0.2, 0.25) is 0 Å². The van der Waals surface area contributed by atoms with Crippen molar-refractivity contribution in [2.75, 3.05) is 11.3 Å². The Hall–Kier alpha value is -2.54. The topological polar surface area (TPSA) is 84.5 Å². The molecule has 0 aromatic heterocycles. The van der Waals surface area contributed by atoms with Crippen LogP contribution in [-0.2, 0) is 10.0 Å². The summed E-state index contributed by atoms with van der Waals surface area (Å²) in [4.78, 5) is 12.4. The van der Waals surface area contributed by atoms with E-state index in [2.05, 4.69) is 10.0 Å². The monoisotopic (exact) mass is 390 g/mol. The van der Waals surface area contributed by atoms with E-state index >= 15 is 0 Å². The smallest absolute Gasteiger partial charge is 0.262 e. The Balaban J connectivity index is 2.29. The zero-order valence-corrected chi connectivity index (χ0v) is 17.1. The minimum atomic E-state index is -3.84. The second kappa shape index (κ2) is 8.00. The van der Waals surface area contributed by atoms with Crippen LogP contribution in [-0.4, -0.2) is 26.5 Å². The van der Waals surface area contributed by atoms with Crippen LogP contribution in [0.4, 0.5) is 5.69 Å². The van der Waals surface area contributed by atoms with Gasteiger partial charge in [0.25, 0.3) is 15.9 Å². The number of benzene rings is 2. The van der Waals surface area contributed by atoms with Crippen molar-refractivity contribution in [2.45, 2.75) is 45.1 Å². The van der Waals surface area contributed by atoms with Crippen molar-refractivity contribution >= 4 is 21.6 Å². The normalized spacial score (nSPS) is 11.7. The summed E-state index contributed by atoms with van der Waals surface area (Å²) in [5.74, 6) is 0.345. The van der Waals surface area contributed by atoms with Crippen LogP contribution in [0.1, 0.15) is 43.6 Å². The Morgan fingerprint density at radius 1 is 1.07 bits per heavy atom. The van der Waals surface area contributed by atoms with E-state index in [1.165, 1.54) is 6.07 Å². The standard InChI is InChI=1S/C20H26N2O4S/c1-6-26-17-11-9-16(10-12-17)22-27(24,25)18-13-15(8-7-14(18)2)19(23)21-20(3,4)5/h7-13,22H,6H2,1-5H3,(H,21,23). The molecule has 0 spiro atoms. The van der Waals surface area contributed by atoms with Gasteiger partial charge < -0.3 is 10.1 Å². The Bertz CT molecular complexity index is 914. The third-order valence-electron chi connectivity index (χ3n) is 3.65. The van der Waals surface area contributed by atoms with E-state index in [9.17, 15) is 13.2 Å². The molecule has 0 saturated heterocycles. The van der Waals surface area contributed by atoms with Crippen LogP contribution in [0.15, 0.2) is 47.4 Å². The second-order valence-corrected chi connectivity index (χ2v) is 8.90. The molecule has 1 amide bonds. The molecular formula is C20H26N2O4S. The Morgan fingerprint density at radius 3 is 2.26 bits per heavy atom. The molecule has 0 heterocycles. The molecular weight excluding hydrogens is 364 g/mol. The number of carbonyl (C=O) groups is 1. The minimum Gasteiger partial charge on any atom is -0.494 e. The maximum Gasteiger partial charge on any atom is 0.262 e. The van der Waals surface area contributed by atoms with E-state index in [4.69, 9.17) is 4.74 Å². The van der Waals surface area contributed by atoms with Crippen LogP contribution in [0.25, 0.3) is 0 Å². The number of sulfonamides is 1. The van der Waals surface area contributed by atoms with Crippen molar-refractivity contribution < 1.29 is 17.9 Å². The van der Waals surface area contributed by atoms with E-state index < -0.39 is 15.6 Å². The molecule has 6 nitrogen and oxygen atoms in total. The van der Waals surface area contributed by atoms with Gasteiger partial charge in [-0.15, -0.1) is 0 Å². The van der Waals surface area contributed by atoms with Gasteiger partial charge in [0.1, 0.15) is 5.75 Å². The van der Waals surface area contributed by atoms with E-state index in [1.54, 1.807) is 43.3 Å². The SMILES string of the molecule is CCOc1ccc(NS(=O)(=O)c2cc(C(=O)NC(C)(C)C)ccc2C)cc1. The lowest BCUT2D eigenvalue weighted by molar-refractivity contribution is 0.0919. The molecule has 0 bridgehead atoms. The maximum atomic E-state index is 12.8. The lowest BCUT2D eigenvalue weighted by atomic mass is 10.1. The van der Waals surface area contributed by atoms with Crippen LogP contribution < -0.4 is 14.8 Å². The van der Waals surface area contributed by atoms with Gasteiger partial charge in [-0.2, -0.15) is 0 Å². The third-order valence-corrected chi connectivity index (χ3v) is 5.17. The second-order valence-electron chi connectivity index (χ2n) is 7.25. The molecule has 0 atom stereocenters. The van der Waals surface area contributed by atoms with Gasteiger partial charge in [-0.25, -0.2) is 8.42 Å². The average molecular weight is 391 g/mol. The Morgan fingerprint density at radius 2 is 1.70 bits per heavy atom. The summed E-state index contributed by atoms with van der Waals surface area (Å²) in [7, 11) is -3.84. The van der Waals surface area contributed by atoms with Crippen molar-refractivity contribution in [2.24, 2.45) is 0 Å². The van der Waals surface area contributed by atoms with Crippen LogP contribution in [0, 0.1) is 6.92 Å². The molecule has 2 N–H and O–H groups in total. The maximum absolute atomic E-state index is 12.8. The van der Waals surface area contributed by atoms with E-state index in [0.717, 1.165) is 0 Å². The van der Waals surface area contributed by atoms with Crippen molar-refractivity contribution in [1.29, 1.82) is 0 Å². The predicted molar refractivity (Wildman–Crippen MR) is 107 cm³/mol. The molecule has 2 aromatic rings. The quantitative estimate of drug-likeness (QED) is 0.787. The van der Waals surface area contributed by atoms with Crippen LogP contribution in [0.3, 0.4) is 0 Å². The highest BCUT2D eigenvalue weighted by Gasteiger charge is 2.21. The van der Waals surface area contributed by atoms with E-state index in [0.29, 0.717) is 29.2 Å². The number of hydrogen-bond acceptors (Lipinski definition) is 4. The summed E-state index contributed by atoms with van der Waals surface area (Å²) in [5, 5.41) is 2.83. The van der Waals surface area contributed by atoms with Gasteiger partial charge >= 0.3 is 0 Å². The van der Waals surface area contributed by atoms with Gasteiger partial charge in [0.05, 0.1) is 11.5 Å². The average Bonchev–Trinajstić information content (AvgIpc) is 2.55. The van der Waals surface area contributed by atoms with E-state index in [-0.39, 0.29) is 10.8 Å². The summed E-state index contributed by atoms with van der Waals surface area (Å²) in [6, 6.07) is 11.3. The molecule has 0 fully saturated rings. The fourth-order valence-corrected chi connectivity index (χ4v) is 3.77. The number of nitrogens with one attached hydrogen (secondary N) is 2. The minimum absolute atomic E-state index is 0.0675. The molecule has 146 valence electrons. The summed E-state index contributed by atoms with van der Waals surface area (Å²) < 4.78 is 33.5. The molecule has 2 aromatic carbocycles. The predicted octanol–water partition coefficient (Wildman–Crippen LogP) is 3.72. The highest BCUT2D eigenvalue weighted by molar-refractivity contribution is 7.92. The van der Waals surface area contributed by atoms with Gasteiger partial charge in [-0.3, -0.25) is 9.52 Å². The van der Waals surface area contributed by atoms with E-state index in [1.807, 2.05) is 27.7 Å². The fourth-order valence-electron chi connectivity index (χ4n) is 2.44. The number of hydrogen-bond donors (Lipinski definition) is 2. The Kier molecular flexibility index (Phi) is 6.15. The first kappa shape index (κ1) is 20.8. The van der Waals surface area contributed by atoms with Gasteiger partial charge in [-0.1, -0.05) is 6.07 Å². The molecule has 0 unspecified atom stereocenters. The van der Waals surface area contributed by atoms with Gasteiger partial charge in [0.2, 0.25) is 0 Å². The number of amides is 1. The highest BCUT2D eigenvalue weighted by Crippen LogP contribution is 2.23. The zero-order chi connectivity index (χ0) is 20.2. The molecule has 2 rings (SSSR count). The summed E-state index contributed by atoms with van der Waals surface area (Å²) in [6.07, 6.45) is 0. The number of ether oxygens (including phenoxy) is 1. The van der Waals surface area contributed by atoms with Crippen molar-refractivity contribution in [3.05, 3.63) is 53.6 Å². The summed E-state index contributed by atoms with van der Waals surface area (Å²) >= 11 is 0. The highest BCUT2D eigenvalue weighted by atomic mass is 32.2. The van der Waals surface area contributed by atoms with Gasteiger partial charge in [0.15, 0.2) is 0 Å². The first-order valence-electron chi connectivity index (χ1n) is 8.71. The Labute approximate surface area is 161 Å². The van der Waals surface area contributed by atoms with Crippen LogP contribution in [0.5, 0.6) is 5.75 Å². The first-order chi connectivity index (χ1) is 12.5. The zero-order valence-electron chi connectivity index (χ0n) is 16.3. The number of aryl methyl sites for hydroxylation is 1. The summed E-state index contributed by atoms with van der Waals surface area (Å²) in [6.45, 7) is 9.70. The number of rotatable bonds is 6. The first-order valence-corrected chi connectivity index (χ1v) is 10.2. The molecule has 0 aliphatic rings. The lowest BCUT2D eigenvalue weighted by Gasteiger charge is -2.21. The molecule has 27 heavy (non-hydrogen) atoms. The summed E-state index contributed by atoms with van der Waals surface area (Å²) in [5.41, 5.74) is 0.854. The number of anilines is 1. The van der Waals surface area contributed by atoms with Gasteiger partial charge in [-0.05, 0) is 76.6 Å². The molecule has 0 radical (unpaired) electrons. The van der Waals surface area contributed by atoms with Crippen molar-refractivity contribution in [1.82, 2.24) is 5.32 Å². The third kappa shape index (κ3) is 5.72. The number of carbonyl (C=O) groups excluding carboxylic acids is 1. The largest absolute Gasteiger partial charge is 0.494 e. The molecule has 0 aliphatic carbocycles. The molecule has 7 heteroatoms. The van der Waals surface area contributed by atoms with Crippen LogP contribution >= 0.6 is 0 Å². The lowest BCUT2D eigenvalue weighted by Crippen LogP contribution is -2.40.